The minimum atomic E-state index is -4.18. The Labute approximate surface area is 163 Å². The van der Waals surface area contributed by atoms with Crippen LogP contribution < -0.4 is 10.5 Å². The van der Waals surface area contributed by atoms with Crippen LogP contribution in [0.25, 0.3) is 11.1 Å². The SMILES string of the molecule is CCCOC(=O)Cn1c(=O)oc2cc(S(=O)(=O)Nc3ccc(F)c(F)c3)ccc21. The number of oxazole rings is 1. The number of ether oxygens (including phenoxy) is 1. The predicted molar refractivity (Wildman–Crippen MR) is 98.9 cm³/mol. The van der Waals surface area contributed by atoms with Crippen LogP contribution in [0.15, 0.2) is 50.5 Å². The van der Waals surface area contributed by atoms with Crippen molar-refractivity contribution in [2.24, 2.45) is 0 Å². The molecule has 0 aliphatic heterocycles. The summed E-state index contributed by atoms with van der Waals surface area (Å²) in [7, 11) is -4.18. The molecule has 0 atom stereocenters. The fourth-order valence-corrected chi connectivity index (χ4v) is 3.59. The normalized spacial score (nSPS) is 11.6. The van der Waals surface area contributed by atoms with E-state index in [-0.39, 0.29) is 34.8 Å². The predicted octanol–water partition coefficient (Wildman–Crippen LogP) is 2.63. The number of hydrogen-bond acceptors (Lipinski definition) is 6. The number of hydrogen-bond donors (Lipinski definition) is 1. The maximum atomic E-state index is 13.3. The van der Waals surface area contributed by atoms with E-state index in [1.807, 2.05) is 6.92 Å². The minimum absolute atomic E-state index is 0.0635. The van der Waals surface area contributed by atoms with E-state index in [1.54, 1.807) is 0 Å². The molecule has 0 unspecified atom stereocenters. The first-order valence-corrected chi connectivity index (χ1v) is 9.96. The average molecular weight is 426 g/mol. The van der Waals surface area contributed by atoms with Crippen LogP contribution in [-0.4, -0.2) is 25.6 Å². The van der Waals surface area contributed by atoms with Crippen LogP contribution in [0.4, 0.5) is 14.5 Å². The summed E-state index contributed by atoms with van der Waals surface area (Å²) in [5.74, 6) is -3.81. The molecule has 0 bridgehead atoms. The third kappa shape index (κ3) is 4.45. The molecule has 1 heterocycles. The maximum absolute atomic E-state index is 13.3. The summed E-state index contributed by atoms with van der Waals surface area (Å²) in [5.41, 5.74) is -0.0385. The number of halogens is 2. The third-order valence-corrected chi connectivity index (χ3v) is 5.26. The molecule has 29 heavy (non-hydrogen) atoms. The van der Waals surface area contributed by atoms with Crippen molar-refractivity contribution in [1.29, 1.82) is 0 Å². The zero-order chi connectivity index (χ0) is 21.2. The van der Waals surface area contributed by atoms with Gasteiger partial charge in [-0.05, 0) is 30.7 Å². The van der Waals surface area contributed by atoms with Crippen LogP contribution >= 0.6 is 0 Å². The van der Waals surface area contributed by atoms with Gasteiger partial charge in [-0.15, -0.1) is 0 Å². The molecule has 1 aromatic heterocycles. The van der Waals surface area contributed by atoms with Gasteiger partial charge in [0.25, 0.3) is 10.0 Å². The third-order valence-electron chi connectivity index (χ3n) is 3.88. The number of rotatable bonds is 7. The molecule has 2 aromatic carbocycles. The van der Waals surface area contributed by atoms with Crippen molar-refractivity contribution in [2.75, 3.05) is 11.3 Å². The number of benzene rings is 2. The van der Waals surface area contributed by atoms with Crippen LogP contribution in [-0.2, 0) is 26.1 Å². The Balaban J connectivity index is 1.90. The number of carbonyl (C=O) groups excluding carboxylic acids is 1. The van der Waals surface area contributed by atoms with Crippen LogP contribution in [0.3, 0.4) is 0 Å². The summed E-state index contributed by atoms with van der Waals surface area (Å²) in [6.45, 7) is 1.65. The first-order valence-electron chi connectivity index (χ1n) is 8.48. The van der Waals surface area contributed by atoms with Crippen LogP contribution in [0.5, 0.6) is 0 Å². The second-order valence-electron chi connectivity index (χ2n) is 6.04. The van der Waals surface area contributed by atoms with Gasteiger partial charge in [0, 0.05) is 12.1 Å². The first kappa shape index (κ1) is 20.5. The highest BCUT2D eigenvalue weighted by Gasteiger charge is 2.19. The van der Waals surface area contributed by atoms with Crippen LogP contribution in [0.2, 0.25) is 0 Å². The Morgan fingerprint density at radius 1 is 1.17 bits per heavy atom. The smallest absolute Gasteiger partial charge is 0.420 e. The van der Waals surface area contributed by atoms with Gasteiger partial charge in [-0.2, -0.15) is 0 Å². The topological polar surface area (TPSA) is 108 Å². The summed E-state index contributed by atoms with van der Waals surface area (Å²) in [6, 6.07) is 6.12. The van der Waals surface area contributed by atoms with Gasteiger partial charge in [0.2, 0.25) is 0 Å². The number of anilines is 1. The number of nitrogens with zero attached hydrogens (tertiary/aromatic N) is 1. The number of esters is 1. The van der Waals surface area contributed by atoms with E-state index >= 15 is 0 Å². The molecule has 0 amide bonds. The molecule has 11 heteroatoms. The van der Waals surface area contributed by atoms with Gasteiger partial charge in [-0.3, -0.25) is 14.1 Å². The van der Waals surface area contributed by atoms with Crippen LogP contribution in [0.1, 0.15) is 13.3 Å². The average Bonchev–Trinajstić information content (AvgIpc) is 2.97. The quantitative estimate of drug-likeness (QED) is 0.582. The summed E-state index contributed by atoms with van der Waals surface area (Å²) in [6.07, 6.45) is 0.624. The second-order valence-corrected chi connectivity index (χ2v) is 7.72. The Kier molecular flexibility index (Phi) is 5.69. The first-order chi connectivity index (χ1) is 13.7. The lowest BCUT2D eigenvalue weighted by atomic mass is 10.3. The van der Waals surface area contributed by atoms with Gasteiger partial charge >= 0.3 is 11.7 Å². The fraction of sp³-hybridized carbons (Fsp3) is 0.222. The zero-order valence-corrected chi connectivity index (χ0v) is 16.0. The molecular weight excluding hydrogens is 410 g/mol. The molecule has 0 saturated heterocycles. The van der Waals surface area contributed by atoms with Crippen molar-refractivity contribution < 1.29 is 31.1 Å². The molecule has 0 aliphatic rings. The molecule has 8 nitrogen and oxygen atoms in total. The highest BCUT2D eigenvalue weighted by molar-refractivity contribution is 7.92. The molecule has 3 rings (SSSR count). The van der Waals surface area contributed by atoms with Crippen molar-refractivity contribution >= 4 is 32.8 Å². The van der Waals surface area contributed by atoms with Gasteiger partial charge in [-0.25, -0.2) is 22.0 Å². The van der Waals surface area contributed by atoms with Crippen molar-refractivity contribution in [3.63, 3.8) is 0 Å². The molecule has 3 aromatic rings. The maximum Gasteiger partial charge on any atom is 0.420 e. The second kappa shape index (κ2) is 8.03. The number of fused-ring (bicyclic) bond motifs is 1. The van der Waals surface area contributed by atoms with E-state index in [0.717, 1.165) is 22.8 Å². The van der Waals surface area contributed by atoms with E-state index in [1.165, 1.54) is 12.1 Å². The lowest BCUT2D eigenvalue weighted by Gasteiger charge is -2.08. The Hall–Kier alpha value is -3.21. The standard InChI is InChI=1S/C18H16F2N2O6S/c1-2-7-27-17(23)10-22-15-6-4-12(9-16(15)28-18(22)24)29(25,26)21-11-3-5-13(19)14(20)8-11/h3-6,8-9,21H,2,7,10H2,1H3. The van der Waals surface area contributed by atoms with E-state index in [0.29, 0.717) is 12.5 Å². The molecule has 0 saturated carbocycles. The van der Waals surface area contributed by atoms with Gasteiger partial charge in [0.05, 0.1) is 22.7 Å². The van der Waals surface area contributed by atoms with Crippen molar-refractivity contribution in [3.05, 3.63) is 58.6 Å². The Morgan fingerprint density at radius 3 is 2.62 bits per heavy atom. The van der Waals surface area contributed by atoms with Gasteiger partial charge in [0.1, 0.15) is 6.54 Å². The molecule has 0 radical (unpaired) electrons. The monoisotopic (exact) mass is 426 g/mol. The van der Waals surface area contributed by atoms with Crippen LogP contribution in [0, 0.1) is 11.6 Å². The van der Waals surface area contributed by atoms with Crippen molar-refractivity contribution in [1.82, 2.24) is 4.57 Å². The molecule has 154 valence electrons. The summed E-state index contributed by atoms with van der Waals surface area (Å²) >= 11 is 0. The summed E-state index contributed by atoms with van der Waals surface area (Å²) in [5, 5.41) is 0. The molecule has 0 fully saturated rings. The minimum Gasteiger partial charge on any atom is -0.464 e. The summed E-state index contributed by atoms with van der Waals surface area (Å²) in [4.78, 5) is 23.5. The van der Waals surface area contributed by atoms with Crippen molar-refractivity contribution in [3.8, 4) is 0 Å². The lowest BCUT2D eigenvalue weighted by Crippen LogP contribution is -2.21. The van der Waals surface area contributed by atoms with E-state index in [2.05, 4.69) is 4.72 Å². The van der Waals surface area contributed by atoms with Gasteiger partial charge in [-0.1, -0.05) is 6.92 Å². The highest BCUT2D eigenvalue weighted by Crippen LogP contribution is 2.22. The fourth-order valence-electron chi connectivity index (χ4n) is 2.53. The van der Waals surface area contributed by atoms with E-state index in [9.17, 15) is 26.8 Å². The summed E-state index contributed by atoms with van der Waals surface area (Å²) < 4.78 is 64.4. The largest absolute Gasteiger partial charge is 0.464 e. The molecule has 1 N–H and O–H groups in total. The highest BCUT2D eigenvalue weighted by atomic mass is 32.2. The number of sulfonamides is 1. The number of carbonyl (C=O) groups is 1. The molecular formula is C18H16F2N2O6S. The van der Waals surface area contributed by atoms with Gasteiger partial charge < -0.3 is 9.15 Å². The molecule has 0 aliphatic carbocycles. The number of aromatic nitrogens is 1. The Morgan fingerprint density at radius 2 is 1.93 bits per heavy atom. The number of nitrogens with one attached hydrogen (secondary N) is 1. The zero-order valence-electron chi connectivity index (χ0n) is 15.1. The van der Waals surface area contributed by atoms with Gasteiger partial charge in [0.15, 0.2) is 17.2 Å². The Bertz CT molecular complexity index is 1230. The van der Waals surface area contributed by atoms with E-state index < -0.39 is 33.4 Å². The van der Waals surface area contributed by atoms with E-state index in [4.69, 9.17) is 9.15 Å². The molecule has 0 spiro atoms. The lowest BCUT2D eigenvalue weighted by molar-refractivity contribution is -0.144. The van der Waals surface area contributed by atoms with Crippen molar-refractivity contribution in [2.45, 2.75) is 24.8 Å².